The van der Waals surface area contributed by atoms with E-state index in [4.69, 9.17) is 0 Å². The van der Waals surface area contributed by atoms with Crippen LogP contribution in [0, 0.1) is 12.8 Å². The molecule has 0 aliphatic carbocycles. The fourth-order valence-corrected chi connectivity index (χ4v) is 5.66. The molecule has 2 aromatic carbocycles. The van der Waals surface area contributed by atoms with Crippen molar-refractivity contribution in [1.82, 2.24) is 15.5 Å². The van der Waals surface area contributed by atoms with Gasteiger partial charge >= 0.3 is 5.97 Å². The van der Waals surface area contributed by atoms with E-state index in [1.165, 1.54) is 0 Å². The molecule has 2 heterocycles. The summed E-state index contributed by atoms with van der Waals surface area (Å²) in [7, 11) is 0. The van der Waals surface area contributed by atoms with E-state index in [9.17, 15) is 24.3 Å². The molecule has 3 N–H and O–H groups in total. The first-order chi connectivity index (χ1) is 18.8. The van der Waals surface area contributed by atoms with Gasteiger partial charge in [0.1, 0.15) is 11.8 Å². The number of carboxylic acid groups (broad SMARTS) is 1. The molecule has 2 fully saturated rings. The van der Waals surface area contributed by atoms with Crippen molar-refractivity contribution in [1.29, 1.82) is 0 Å². The summed E-state index contributed by atoms with van der Waals surface area (Å²) in [6.07, 6.45) is 3.72. The Morgan fingerprint density at radius 1 is 0.949 bits per heavy atom. The Hall–Kier alpha value is -3.52. The minimum Gasteiger partial charge on any atom is -0.481 e. The van der Waals surface area contributed by atoms with Crippen molar-refractivity contribution >= 4 is 23.6 Å². The third-order valence-corrected chi connectivity index (χ3v) is 7.77. The number of Topliss-reactive ketones (excluding diaryl/α,β-unsaturated/α-hetero) is 1. The minimum absolute atomic E-state index is 0.0266. The second-order valence-electron chi connectivity index (χ2n) is 10.9. The number of aliphatic carboxylic acids is 1. The summed E-state index contributed by atoms with van der Waals surface area (Å²) in [5.41, 5.74) is 2.93. The zero-order valence-electron chi connectivity index (χ0n) is 22.6. The number of carboxylic acids is 1. The van der Waals surface area contributed by atoms with E-state index in [0.29, 0.717) is 19.4 Å². The van der Waals surface area contributed by atoms with Gasteiger partial charge in [-0.3, -0.25) is 19.2 Å². The summed E-state index contributed by atoms with van der Waals surface area (Å²) in [5, 5.41) is 16.1. The Bertz CT molecular complexity index is 1140. The molecule has 39 heavy (non-hydrogen) atoms. The van der Waals surface area contributed by atoms with Crippen molar-refractivity contribution in [3.8, 4) is 0 Å². The highest BCUT2D eigenvalue weighted by Crippen LogP contribution is 2.22. The first-order valence-corrected chi connectivity index (χ1v) is 14.0. The molecule has 2 saturated heterocycles. The molecule has 8 heteroatoms. The van der Waals surface area contributed by atoms with Crippen LogP contribution in [0.15, 0.2) is 54.6 Å². The number of benzene rings is 2. The van der Waals surface area contributed by atoms with Crippen LogP contribution in [0.2, 0.25) is 0 Å². The number of carbonyl (C=O) groups is 4. The lowest BCUT2D eigenvalue weighted by atomic mass is 9.91. The summed E-state index contributed by atoms with van der Waals surface area (Å²) in [4.78, 5) is 53.3. The van der Waals surface area contributed by atoms with Gasteiger partial charge < -0.3 is 20.6 Å². The number of carbonyl (C=O) groups excluding carboxylic acids is 3. The van der Waals surface area contributed by atoms with Gasteiger partial charge in [-0.05, 0) is 63.1 Å². The molecule has 0 aromatic heterocycles. The van der Waals surface area contributed by atoms with Gasteiger partial charge in [-0.25, -0.2) is 0 Å². The predicted molar refractivity (Wildman–Crippen MR) is 148 cm³/mol. The number of hydrogen-bond donors (Lipinski definition) is 3. The highest BCUT2D eigenvalue weighted by Gasteiger charge is 2.38. The van der Waals surface area contributed by atoms with Crippen LogP contribution in [-0.2, 0) is 32.0 Å². The van der Waals surface area contributed by atoms with Gasteiger partial charge in [0.15, 0.2) is 0 Å². The lowest BCUT2D eigenvalue weighted by Crippen LogP contribution is -2.53. The van der Waals surface area contributed by atoms with E-state index in [2.05, 4.69) is 10.6 Å². The van der Waals surface area contributed by atoms with E-state index >= 15 is 0 Å². The predicted octanol–water partition coefficient (Wildman–Crippen LogP) is 3.06. The second kappa shape index (κ2) is 13.5. The number of aryl methyl sites for hydroxylation is 1. The maximum atomic E-state index is 13.4. The maximum absolute atomic E-state index is 13.4. The van der Waals surface area contributed by atoms with Gasteiger partial charge in [0.25, 0.3) is 0 Å². The van der Waals surface area contributed by atoms with Crippen molar-refractivity contribution < 1.29 is 24.3 Å². The van der Waals surface area contributed by atoms with Crippen molar-refractivity contribution in [3.05, 3.63) is 71.3 Å². The zero-order valence-corrected chi connectivity index (χ0v) is 22.6. The van der Waals surface area contributed by atoms with Crippen molar-refractivity contribution in [2.24, 2.45) is 5.92 Å². The molecular formula is C31H39N3O5. The van der Waals surface area contributed by atoms with E-state index in [1.54, 1.807) is 4.90 Å². The fourth-order valence-electron chi connectivity index (χ4n) is 5.66. The van der Waals surface area contributed by atoms with Crippen molar-refractivity contribution in [3.63, 3.8) is 0 Å². The average molecular weight is 534 g/mol. The van der Waals surface area contributed by atoms with Gasteiger partial charge in [-0.15, -0.1) is 0 Å². The number of rotatable bonds is 12. The Morgan fingerprint density at radius 3 is 2.33 bits per heavy atom. The van der Waals surface area contributed by atoms with Gasteiger partial charge in [0, 0.05) is 25.4 Å². The molecule has 0 radical (unpaired) electrons. The number of amides is 2. The van der Waals surface area contributed by atoms with Crippen molar-refractivity contribution in [2.75, 3.05) is 13.1 Å². The van der Waals surface area contributed by atoms with Gasteiger partial charge in [-0.2, -0.15) is 0 Å². The van der Waals surface area contributed by atoms with Crippen LogP contribution < -0.4 is 10.6 Å². The third-order valence-electron chi connectivity index (χ3n) is 7.77. The summed E-state index contributed by atoms with van der Waals surface area (Å²) in [6.45, 7) is 3.33. The largest absolute Gasteiger partial charge is 0.481 e. The smallest absolute Gasteiger partial charge is 0.307 e. The Morgan fingerprint density at radius 2 is 1.67 bits per heavy atom. The van der Waals surface area contributed by atoms with Crippen LogP contribution >= 0.6 is 0 Å². The molecule has 0 unspecified atom stereocenters. The Balaban J connectivity index is 1.42. The van der Waals surface area contributed by atoms with Crippen LogP contribution in [0.25, 0.3) is 0 Å². The van der Waals surface area contributed by atoms with Gasteiger partial charge in [0.05, 0.1) is 12.0 Å². The molecule has 2 aliphatic rings. The van der Waals surface area contributed by atoms with E-state index < -0.39 is 24.0 Å². The van der Waals surface area contributed by atoms with Crippen LogP contribution in [-0.4, -0.2) is 64.8 Å². The molecule has 0 saturated carbocycles. The Labute approximate surface area is 230 Å². The van der Waals surface area contributed by atoms with E-state index in [0.717, 1.165) is 42.5 Å². The molecule has 0 bridgehead atoms. The maximum Gasteiger partial charge on any atom is 0.307 e. The van der Waals surface area contributed by atoms with E-state index in [1.807, 2.05) is 61.5 Å². The average Bonchev–Trinajstić information content (AvgIpc) is 3.62. The normalized spacial score (nSPS) is 20.4. The lowest BCUT2D eigenvalue weighted by Gasteiger charge is -2.28. The molecule has 208 valence electrons. The minimum atomic E-state index is -1.01. The first kappa shape index (κ1) is 28.5. The van der Waals surface area contributed by atoms with Gasteiger partial charge in [0.2, 0.25) is 11.8 Å². The topological polar surface area (TPSA) is 116 Å². The summed E-state index contributed by atoms with van der Waals surface area (Å²) < 4.78 is 0. The molecule has 2 aromatic rings. The standard InChI is InChI=1S/C31H39N3O5/c1-21-11-13-23(14-12-21)17-24(31(38)39)19-26(35)20-25(18-22-7-3-2-4-8-22)33-29(36)28-10-6-16-34(28)30(37)27-9-5-15-32-27/h2-4,7-8,11-14,24-25,27-28,32H,5-6,9-10,15-20H2,1H3,(H,33,36)(H,38,39)/t24-,25+,27+,28+/m1/s1. The van der Waals surface area contributed by atoms with Crippen LogP contribution in [0.4, 0.5) is 0 Å². The second-order valence-corrected chi connectivity index (χ2v) is 10.9. The SMILES string of the molecule is Cc1ccc(C[C@H](CC(=O)C[C@H](Cc2ccccc2)NC(=O)[C@@H]2CCCN2C(=O)[C@@H]2CCCN2)C(=O)O)cc1. The quantitative estimate of drug-likeness (QED) is 0.386. The summed E-state index contributed by atoms with van der Waals surface area (Å²) in [5.74, 6) is -2.32. The monoisotopic (exact) mass is 533 g/mol. The molecule has 4 atom stereocenters. The van der Waals surface area contributed by atoms with Crippen LogP contribution in [0.1, 0.15) is 55.2 Å². The number of ketones is 1. The molecular weight excluding hydrogens is 494 g/mol. The molecule has 2 amide bonds. The lowest BCUT2D eigenvalue weighted by molar-refractivity contribution is -0.144. The summed E-state index contributed by atoms with van der Waals surface area (Å²) >= 11 is 0. The molecule has 2 aliphatic heterocycles. The number of nitrogens with one attached hydrogen (secondary N) is 2. The Kier molecular flexibility index (Phi) is 9.87. The van der Waals surface area contributed by atoms with Crippen molar-refractivity contribution in [2.45, 2.75) is 76.4 Å². The molecule has 8 nitrogen and oxygen atoms in total. The third kappa shape index (κ3) is 7.99. The number of hydrogen-bond acceptors (Lipinski definition) is 5. The fraction of sp³-hybridized carbons (Fsp3) is 0.484. The van der Waals surface area contributed by atoms with Crippen LogP contribution in [0.5, 0.6) is 0 Å². The molecule has 4 rings (SSSR count). The van der Waals surface area contributed by atoms with Crippen LogP contribution in [0.3, 0.4) is 0 Å². The van der Waals surface area contributed by atoms with Gasteiger partial charge in [-0.1, -0.05) is 60.2 Å². The number of likely N-dealkylation sites (tertiary alicyclic amines) is 1. The highest BCUT2D eigenvalue weighted by atomic mass is 16.4. The molecule has 0 spiro atoms. The first-order valence-electron chi connectivity index (χ1n) is 14.0. The zero-order chi connectivity index (χ0) is 27.8. The number of nitrogens with zero attached hydrogens (tertiary/aromatic N) is 1. The summed E-state index contributed by atoms with van der Waals surface area (Å²) in [6, 6.07) is 16.0. The highest BCUT2D eigenvalue weighted by molar-refractivity contribution is 5.91. The van der Waals surface area contributed by atoms with E-state index in [-0.39, 0.29) is 42.9 Å².